The molecule has 1 saturated carbocycles. The molecule has 114 valence electrons. The standard InChI is InChI=1S/C14H27F3N2/c1-3-19(12-14(15,16)17)11-13(10-18-2)8-6-4-5-7-9-13/h18H,3-12H2,1-2H3. The fourth-order valence-electron chi connectivity index (χ4n) is 3.25. The largest absolute Gasteiger partial charge is 0.401 e. The molecular formula is C14H27F3N2. The Morgan fingerprint density at radius 1 is 1.11 bits per heavy atom. The average Bonchev–Trinajstić information content (AvgIpc) is 2.53. The molecule has 0 aromatic rings. The first-order valence-electron chi connectivity index (χ1n) is 7.34. The van der Waals surface area contributed by atoms with Crippen LogP contribution >= 0.6 is 0 Å². The van der Waals surface area contributed by atoms with Crippen LogP contribution in [-0.2, 0) is 0 Å². The van der Waals surface area contributed by atoms with E-state index in [1.54, 1.807) is 4.90 Å². The minimum Gasteiger partial charge on any atom is -0.319 e. The maximum Gasteiger partial charge on any atom is 0.401 e. The highest BCUT2D eigenvalue weighted by Crippen LogP contribution is 2.36. The van der Waals surface area contributed by atoms with Gasteiger partial charge in [-0.3, -0.25) is 4.90 Å². The van der Waals surface area contributed by atoms with Gasteiger partial charge in [0.05, 0.1) is 6.54 Å². The number of rotatable bonds is 6. The molecule has 0 saturated heterocycles. The van der Waals surface area contributed by atoms with Crippen molar-refractivity contribution in [2.45, 2.75) is 51.6 Å². The van der Waals surface area contributed by atoms with Gasteiger partial charge in [-0.1, -0.05) is 32.6 Å². The Labute approximate surface area is 114 Å². The lowest BCUT2D eigenvalue weighted by molar-refractivity contribution is -0.149. The number of hydrogen-bond acceptors (Lipinski definition) is 2. The van der Waals surface area contributed by atoms with Gasteiger partial charge in [-0.15, -0.1) is 0 Å². The fourth-order valence-corrected chi connectivity index (χ4v) is 3.25. The summed E-state index contributed by atoms with van der Waals surface area (Å²) in [5.74, 6) is 0. The molecule has 0 spiro atoms. The summed E-state index contributed by atoms with van der Waals surface area (Å²) in [7, 11) is 1.90. The van der Waals surface area contributed by atoms with Crippen molar-refractivity contribution in [3.8, 4) is 0 Å². The smallest absolute Gasteiger partial charge is 0.319 e. The van der Waals surface area contributed by atoms with Crippen LogP contribution in [0.1, 0.15) is 45.4 Å². The van der Waals surface area contributed by atoms with Crippen LogP contribution < -0.4 is 5.32 Å². The van der Waals surface area contributed by atoms with Gasteiger partial charge in [0.1, 0.15) is 0 Å². The van der Waals surface area contributed by atoms with Crippen LogP contribution in [0.15, 0.2) is 0 Å². The Bertz CT molecular complexity index is 246. The zero-order chi connectivity index (χ0) is 14.4. The lowest BCUT2D eigenvalue weighted by Crippen LogP contribution is -2.46. The van der Waals surface area contributed by atoms with Crippen molar-refractivity contribution in [3.05, 3.63) is 0 Å². The second-order valence-corrected chi connectivity index (χ2v) is 5.86. The van der Waals surface area contributed by atoms with Crippen molar-refractivity contribution >= 4 is 0 Å². The van der Waals surface area contributed by atoms with Crippen LogP contribution in [0.25, 0.3) is 0 Å². The monoisotopic (exact) mass is 280 g/mol. The quantitative estimate of drug-likeness (QED) is 0.750. The summed E-state index contributed by atoms with van der Waals surface area (Å²) >= 11 is 0. The van der Waals surface area contributed by atoms with E-state index in [4.69, 9.17) is 0 Å². The van der Waals surface area contributed by atoms with E-state index in [1.165, 1.54) is 12.8 Å². The third-order valence-corrected chi connectivity index (χ3v) is 4.13. The molecule has 5 heteroatoms. The summed E-state index contributed by atoms with van der Waals surface area (Å²) in [4.78, 5) is 1.56. The van der Waals surface area contributed by atoms with E-state index in [1.807, 2.05) is 14.0 Å². The van der Waals surface area contributed by atoms with Gasteiger partial charge in [-0.05, 0) is 31.8 Å². The maximum atomic E-state index is 12.6. The first-order chi connectivity index (χ1) is 8.91. The molecule has 0 atom stereocenters. The zero-order valence-corrected chi connectivity index (χ0v) is 12.2. The Kier molecular flexibility index (Phi) is 6.60. The van der Waals surface area contributed by atoms with E-state index in [0.717, 1.165) is 32.2 Å². The van der Waals surface area contributed by atoms with E-state index in [-0.39, 0.29) is 5.41 Å². The van der Waals surface area contributed by atoms with E-state index < -0.39 is 12.7 Å². The Morgan fingerprint density at radius 3 is 2.11 bits per heavy atom. The normalized spacial score (nSPS) is 20.5. The van der Waals surface area contributed by atoms with Gasteiger partial charge in [0.25, 0.3) is 0 Å². The predicted octanol–water partition coefficient (Wildman–Crippen LogP) is 3.43. The number of nitrogens with one attached hydrogen (secondary N) is 1. The molecule has 0 aromatic heterocycles. The van der Waals surface area contributed by atoms with Crippen LogP contribution in [0.4, 0.5) is 13.2 Å². The number of hydrogen-bond donors (Lipinski definition) is 1. The van der Waals surface area contributed by atoms with E-state index in [9.17, 15) is 13.2 Å². The van der Waals surface area contributed by atoms with Crippen molar-refractivity contribution in [2.75, 3.05) is 33.2 Å². The number of alkyl halides is 3. The highest BCUT2D eigenvalue weighted by molar-refractivity contribution is 4.87. The minimum absolute atomic E-state index is 0.0203. The van der Waals surface area contributed by atoms with Gasteiger partial charge in [0.15, 0.2) is 0 Å². The summed E-state index contributed by atoms with van der Waals surface area (Å²) < 4.78 is 37.7. The van der Waals surface area contributed by atoms with E-state index in [2.05, 4.69) is 5.32 Å². The summed E-state index contributed by atoms with van der Waals surface area (Å²) in [5.41, 5.74) is 0.0203. The van der Waals surface area contributed by atoms with Crippen LogP contribution in [0.5, 0.6) is 0 Å². The molecule has 1 rings (SSSR count). The van der Waals surface area contributed by atoms with Gasteiger partial charge in [-0.25, -0.2) is 0 Å². The molecule has 0 radical (unpaired) electrons. The Hall–Kier alpha value is -0.290. The molecule has 1 fully saturated rings. The molecule has 0 aromatic carbocycles. The third kappa shape index (κ3) is 6.13. The number of halogens is 3. The first kappa shape index (κ1) is 16.8. The van der Waals surface area contributed by atoms with Crippen molar-refractivity contribution in [1.82, 2.24) is 10.2 Å². The number of nitrogens with zero attached hydrogens (tertiary/aromatic N) is 1. The molecular weight excluding hydrogens is 253 g/mol. The van der Waals surface area contributed by atoms with Crippen LogP contribution in [0.2, 0.25) is 0 Å². The van der Waals surface area contributed by atoms with Crippen molar-refractivity contribution in [1.29, 1.82) is 0 Å². The lowest BCUT2D eigenvalue weighted by atomic mass is 9.79. The highest BCUT2D eigenvalue weighted by Gasteiger charge is 2.36. The minimum atomic E-state index is -4.10. The zero-order valence-electron chi connectivity index (χ0n) is 12.2. The van der Waals surface area contributed by atoms with Gasteiger partial charge >= 0.3 is 6.18 Å². The topological polar surface area (TPSA) is 15.3 Å². The lowest BCUT2D eigenvalue weighted by Gasteiger charge is -2.38. The summed E-state index contributed by atoms with van der Waals surface area (Å²) in [6.07, 6.45) is 2.72. The Balaban J connectivity index is 2.68. The molecule has 0 aliphatic heterocycles. The molecule has 2 nitrogen and oxygen atoms in total. The molecule has 1 aliphatic rings. The van der Waals surface area contributed by atoms with Crippen molar-refractivity contribution in [3.63, 3.8) is 0 Å². The van der Waals surface area contributed by atoms with Gasteiger partial charge < -0.3 is 5.32 Å². The fraction of sp³-hybridized carbons (Fsp3) is 1.00. The second kappa shape index (κ2) is 7.48. The molecule has 1 N–H and O–H groups in total. The van der Waals surface area contributed by atoms with Crippen LogP contribution in [0.3, 0.4) is 0 Å². The molecule has 19 heavy (non-hydrogen) atoms. The molecule has 0 amide bonds. The van der Waals surface area contributed by atoms with Gasteiger partial charge in [-0.2, -0.15) is 13.2 Å². The summed E-state index contributed by atoms with van der Waals surface area (Å²) in [6.45, 7) is 2.88. The van der Waals surface area contributed by atoms with Crippen molar-refractivity contribution < 1.29 is 13.2 Å². The molecule has 0 bridgehead atoms. The van der Waals surface area contributed by atoms with Crippen LogP contribution in [0, 0.1) is 5.41 Å². The predicted molar refractivity (Wildman–Crippen MR) is 72.2 cm³/mol. The van der Waals surface area contributed by atoms with Gasteiger partial charge in [0, 0.05) is 13.1 Å². The summed E-state index contributed by atoms with van der Waals surface area (Å²) in [6, 6.07) is 0. The van der Waals surface area contributed by atoms with E-state index >= 15 is 0 Å². The van der Waals surface area contributed by atoms with Crippen molar-refractivity contribution in [2.24, 2.45) is 5.41 Å². The van der Waals surface area contributed by atoms with Crippen LogP contribution in [-0.4, -0.2) is 44.3 Å². The maximum absolute atomic E-state index is 12.6. The first-order valence-corrected chi connectivity index (χ1v) is 7.34. The Morgan fingerprint density at radius 2 is 1.68 bits per heavy atom. The molecule has 0 heterocycles. The van der Waals surface area contributed by atoms with Gasteiger partial charge in [0.2, 0.25) is 0 Å². The SMILES string of the molecule is CCN(CC(F)(F)F)CC1(CNC)CCCCCC1. The second-order valence-electron chi connectivity index (χ2n) is 5.86. The molecule has 1 aliphatic carbocycles. The third-order valence-electron chi connectivity index (χ3n) is 4.13. The van der Waals surface area contributed by atoms with E-state index in [0.29, 0.717) is 13.1 Å². The molecule has 0 unspecified atom stereocenters. The average molecular weight is 280 g/mol. The summed E-state index contributed by atoms with van der Waals surface area (Å²) in [5, 5.41) is 3.19. The highest BCUT2D eigenvalue weighted by atomic mass is 19.4.